The molecular weight excluding hydrogens is 282 g/mol. The van der Waals surface area contributed by atoms with Gasteiger partial charge in [0, 0.05) is 35.5 Å². The van der Waals surface area contributed by atoms with Crippen molar-refractivity contribution in [1.29, 1.82) is 0 Å². The lowest BCUT2D eigenvalue weighted by molar-refractivity contribution is 0.0822. The van der Waals surface area contributed by atoms with Crippen molar-refractivity contribution >= 4 is 5.91 Å². The third kappa shape index (κ3) is 2.74. The Balaban J connectivity index is 1.72. The van der Waals surface area contributed by atoms with E-state index in [0.717, 1.165) is 24.8 Å². The predicted molar refractivity (Wildman–Crippen MR) is 80.0 cm³/mol. The summed E-state index contributed by atoms with van der Waals surface area (Å²) >= 11 is 0. The van der Waals surface area contributed by atoms with Crippen LogP contribution < -0.4 is 5.32 Å². The summed E-state index contributed by atoms with van der Waals surface area (Å²) in [6, 6.07) is 5.17. The zero-order valence-electron chi connectivity index (χ0n) is 12.5. The minimum atomic E-state index is -0.268. The van der Waals surface area contributed by atoms with E-state index in [1.807, 2.05) is 6.92 Å². The number of aliphatic hydroxyl groups is 1. The molecule has 0 saturated heterocycles. The summed E-state index contributed by atoms with van der Waals surface area (Å²) in [6.45, 7) is 2.06. The number of hydrogen-bond acceptors (Lipinski definition) is 5. The molecule has 22 heavy (non-hydrogen) atoms. The van der Waals surface area contributed by atoms with E-state index in [0.29, 0.717) is 5.76 Å². The zero-order valence-corrected chi connectivity index (χ0v) is 12.5. The van der Waals surface area contributed by atoms with Crippen molar-refractivity contribution in [2.75, 3.05) is 6.61 Å². The van der Waals surface area contributed by atoms with Crippen molar-refractivity contribution in [2.24, 2.45) is 5.41 Å². The highest BCUT2D eigenvalue weighted by Crippen LogP contribution is 2.37. The van der Waals surface area contributed by atoms with Gasteiger partial charge in [-0.2, -0.15) is 0 Å². The topological polar surface area (TPSA) is 88.2 Å². The Morgan fingerprint density at radius 3 is 3.00 bits per heavy atom. The molecule has 2 unspecified atom stereocenters. The molecule has 3 rings (SSSR count). The van der Waals surface area contributed by atoms with E-state index in [4.69, 9.17) is 4.52 Å². The number of aliphatic hydroxyl groups excluding tert-OH is 1. The Bertz CT molecular complexity index is 656. The number of pyridine rings is 1. The van der Waals surface area contributed by atoms with Crippen LogP contribution in [0.1, 0.15) is 36.7 Å². The lowest BCUT2D eigenvalue weighted by Crippen LogP contribution is -2.44. The maximum absolute atomic E-state index is 12.3. The fourth-order valence-corrected chi connectivity index (χ4v) is 2.94. The van der Waals surface area contributed by atoms with Gasteiger partial charge in [0.15, 0.2) is 11.5 Å². The maximum atomic E-state index is 12.3. The molecule has 1 amide bonds. The fraction of sp³-hybridized carbons (Fsp3) is 0.438. The van der Waals surface area contributed by atoms with Crippen LogP contribution in [0.2, 0.25) is 0 Å². The minimum absolute atomic E-state index is 0.0360. The fourth-order valence-electron chi connectivity index (χ4n) is 2.94. The van der Waals surface area contributed by atoms with E-state index >= 15 is 0 Å². The Hall–Kier alpha value is -2.21. The van der Waals surface area contributed by atoms with Gasteiger partial charge in [-0.1, -0.05) is 18.5 Å². The van der Waals surface area contributed by atoms with Crippen molar-refractivity contribution in [3.63, 3.8) is 0 Å². The minimum Gasteiger partial charge on any atom is -0.396 e. The molecule has 0 bridgehead atoms. The molecular formula is C16H19N3O3. The summed E-state index contributed by atoms with van der Waals surface area (Å²) in [5.41, 5.74) is 0.814. The van der Waals surface area contributed by atoms with Crippen LogP contribution in [0, 0.1) is 5.41 Å². The lowest BCUT2D eigenvalue weighted by atomic mass is 9.86. The molecule has 6 nitrogen and oxygen atoms in total. The first-order chi connectivity index (χ1) is 10.6. The average molecular weight is 301 g/mol. The molecule has 0 spiro atoms. The lowest BCUT2D eigenvalue weighted by Gasteiger charge is -2.29. The quantitative estimate of drug-likeness (QED) is 0.902. The van der Waals surface area contributed by atoms with Crippen LogP contribution in [0.3, 0.4) is 0 Å². The first kappa shape index (κ1) is 14.7. The first-order valence-corrected chi connectivity index (χ1v) is 7.41. The monoisotopic (exact) mass is 301 g/mol. The molecule has 0 aromatic carbocycles. The van der Waals surface area contributed by atoms with E-state index in [1.54, 1.807) is 30.6 Å². The molecule has 2 atom stereocenters. The van der Waals surface area contributed by atoms with Gasteiger partial charge in [0.05, 0.1) is 6.61 Å². The molecule has 0 aliphatic heterocycles. The Morgan fingerprint density at radius 1 is 1.50 bits per heavy atom. The van der Waals surface area contributed by atoms with Crippen molar-refractivity contribution in [3.8, 4) is 11.3 Å². The number of amides is 1. The van der Waals surface area contributed by atoms with Crippen LogP contribution in [0.4, 0.5) is 0 Å². The Kier molecular flexibility index (Phi) is 3.94. The summed E-state index contributed by atoms with van der Waals surface area (Å²) in [5, 5.41) is 16.3. The van der Waals surface area contributed by atoms with Crippen LogP contribution in [0.25, 0.3) is 11.3 Å². The summed E-state index contributed by atoms with van der Waals surface area (Å²) < 4.78 is 5.23. The molecule has 2 N–H and O–H groups in total. The number of aromatic nitrogens is 2. The summed E-state index contributed by atoms with van der Waals surface area (Å²) in [6.07, 6.45) is 6.10. The second kappa shape index (κ2) is 5.88. The third-order valence-electron chi connectivity index (χ3n) is 4.46. The number of nitrogens with one attached hydrogen (secondary N) is 1. The number of carbonyl (C=O) groups excluding carboxylic acids is 1. The molecule has 2 aromatic rings. The molecule has 2 heterocycles. The molecule has 6 heteroatoms. The Morgan fingerprint density at radius 2 is 2.27 bits per heavy atom. The maximum Gasteiger partial charge on any atom is 0.273 e. The molecule has 1 fully saturated rings. The molecule has 1 saturated carbocycles. The predicted octanol–water partition coefficient (Wildman–Crippen LogP) is 2.02. The third-order valence-corrected chi connectivity index (χ3v) is 4.46. The molecule has 1 aliphatic carbocycles. The van der Waals surface area contributed by atoms with Crippen LogP contribution in [-0.2, 0) is 0 Å². The largest absolute Gasteiger partial charge is 0.396 e. The van der Waals surface area contributed by atoms with Crippen LogP contribution >= 0.6 is 0 Å². The number of carbonyl (C=O) groups is 1. The van der Waals surface area contributed by atoms with Gasteiger partial charge in [-0.3, -0.25) is 9.78 Å². The first-order valence-electron chi connectivity index (χ1n) is 7.41. The van der Waals surface area contributed by atoms with Gasteiger partial charge in [0.1, 0.15) is 0 Å². The summed E-state index contributed by atoms with van der Waals surface area (Å²) in [5.74, 6) is 0.263. The van der Waals surface area contributed by atoms with Gasteiger partial charge >= 0.3 is 0 Å². The van der Waals surface area contributed by atoms with Crippen LogP contribution in [0.15, 0.2) is 35.1 Å². The smallest absolute Gasteiger partial charge is 0.273 e. The molecule has 1 aliphatic rings. The highest BCUT2D eigenvalue weighted by Gasteiger charge is 2.39. The number of rotatable bonds is 4. The normalized spacial score (nSPS) is 24.4. The van der Waals surface area contributed by atoms with Gasteiger partial charge in [-0.05, 0) is 25.0 Å². The molecule has 116 valence electrons. The highest BCUT2D eigenvalue weighted by molar-refractivity contribution is 5.93. The van der Waals surface area contributed by atoms with Gasteiger partial charge in [0.2, 0.25) is 0 Å². The van der Waals surface area contributed by atoms with Crippen LogP contribution in [0.5, 0.6) is 0 Å². The zero-order chi connectivity index (χ0) is 15.6. The van der Waals surface area contributed by atoms with E-state index in [-0.39, 0.29) is 29.7 Å². The van der Waals surface area contributed by atoms with Crippen LogP contribution in [-0.4, -0.2) is 33.8 Å². The highest BCUT2D eigenvalue weighted by atomic mass is 16.5. The van der Waals surface area contributed by atoms with E-state index in [1.165, 1.54) is 0 Å². The van der Waals surface area contributed by atoms with Crippen molar-refractivity contribution in [2.45, 2.75) is 32.2 Å². The van der Waals surface area contributed by atoms with Gasteiger partial charge in [-0.25, -0.2) is 0 Å². The van der Waals surface area contributed by atoms with E-state index in [2.05, 4.69) is 15.5 Å². The Labute approximate surface area is 128 Å². The SMILES string of the molecule is CC1(CO)CCCC1NC(=O)c1cc(-c2ccncc2)on1. The second-order valence-corrected chi connectivity index (χ2v) is 6.04. The summed E-state index contributed by atoms with van der Waals surface area (Å²) in [4.78, 5) is 16.3. The second-order valence-electron chi connectivity index (χ2n) is 6.04. The van der Waals surface area contributed by atoms with Crippen molar-refractivity contribution in [3.05, 3.63) is 36.3 Å². The van der Waals surface area contributed by atoms with Gasteiger partial charge in [-0.15, -0.1) is 0 Å². The standard InChI is InChI=1S/C16H19N3O3/c1-16(10-20)6-2-3-14(16)18-15(21)12-9-13(22-19-12)11-4-7-17-8-5-11/h4-5,7-9,14,20H,2-3,6,10H2,1H3,(H,18,21). The number of nitrogens with zero attached hydrogens (tertiary/aromatic N) is 2. The van der Waals surface area contributed by atoms with Crippen molar-refractivity contribution < 1.29 is 14.4 Å². The number of hydrogen-bond donors (Lipinski definition) is 2. The molecule has 2 aromatic heterocycles. The average Bonchev–Trinajstić information content (AvgIpc) is 3.17. The van der Waals surface area contributed by atoms with Crippen molar-refractivity contribution in [1.82, 2.24) is 15.5 Å². The van der Waals surface area contributed by atoms with E-state index < -0.39 is 0 Å². The van der Waals surface area contributed by atoms with E-state index in [9.17, 15) is 9.90 Å². The molecule has 0 radical (unpaired) electrons. The van der Waals surface area contributed by atoms with Gasteiger partial charge in [0.25, 0.3) is 5.91 Å². The summed E-state index contributed by atoms with van der Waals surface area (Å²) in [7, 11) is 0. The van der Waals surface area contributed by atoms with Gasteiger partial charge < -0.3 is 14.9 Å².